The molecule has 0 N–H and O–H groups in total. The fraction of sp³-hybridized carbons (Fsp3) is 0.600. The summed E-state index contributed by atoms with van der Waals surface area (Å²) >= 11 is 0. The quantitative estimate of drug-likeness (QED) is 0.568. The lowest BCUT2D eigenvalue weighted by atomic mass is 9.94. The summed E-state index contributed by atoms with van der Waals surface area (Å²) in [6, 6.07) is 9.00. The number of hydrogen-bond acceptors (Lipinski definition) is 0. The van der Waals surface area contributed by atoms with E-state index in [2.05, 4.69) is 45.0 Å². The summed E-state index contributed by atoms with van der Waals surface area (Å²) in [5.74, 6) is 0.724. The summed E-state index contributed by atoms with van der Waals surface area (Å²) in [6.45, 7) is 6.76. The van der Waals surface area contributed by atoms with E-state index in [0.717, 1.165) is 5.92 Å². The van der Waals surface area contributed by atoms with Crippen LogP contribution in [0.2, 0.25) is 0 Å². The lowest BCUT2D eigenvalue weighted by Crippen LogP contribution is -1.93. The molecule has 0 saturated carbocycles. The molecule has 0 aromatic heterocycles. The molecular weight excluding hydrogens is 180 g/mol. The molecular formula is C15H24. The van der Waals surface area contributed by atoms with Crippen LogP contribution in [0.3, 0.4) is 0 Å². The van der Waals surface area contributed by atoms with Crippen LogP contribution in [0, 0.1) is 6.92 Å². The van der Waals surface area contributed by atoms with E-state index < -0.39 is 0 Å². The topological polar surface area (TPSA) is 0 Å². The Balaban J connectivity index is 2.33. The molecule has 0 amide bonds. The molecule has 0 aliphatic heterocycles. The molecule has 1 aromatic rings. The summed E-state index contributed by atoms with van der Waals surface area (Å²) in [4.78, 5) is 0. The molecule has 0 heterocycles. The molecule has 1 rings (SSSR count). The van der Waals surface area contributed by atoms with Crippen LogP contribution in [0.4, 0.5) is 0 Å². The molecule has 1 unspecified atom stereocenters. The monoisotopic (exact) mass is 204 g/mol. The van der Waals surface area contributed by atoms with Crippen molar-refractivity contribution >= 4 is 0 Å². The molecule has 15 heavy (non-hydrogen) atoms. The molecule has 0 nitrogen and oxygen atoms in total. The summed E-state index contributed by atoms with van der Waals surface area (Å²) in [6.07, 6.45) is 6.83. The molecule has 1 atom stereocenters. The summed E-state index contributed by atoms with van der Waals surface area (Å²) in [7, 11) is 0. The van der Waals surface area contributed by atoms with Gasteiger partial charge in [-0.3, -0.25) is 0 Å². The van der Waals surface area contributed by atoms with Gasteiger partial charge in [-0.15, -0.1) is 0 Å². The summed E-state index contributed by atoms with van der Waals surface area (Å²) in [5.41, 5.74) is 2.86. The maximum atomic E-state index is 2.34. The maximum Gasteiger partial charge on any atom is -0.0190 e. The molecule has 0 bridgehead atoms. The van der Waals surface area contributed by atoms with Gasteiger partial charge in [-0.2, -0.15) is 0 Å². The first-order valence-electron chi connectivity index (χ1n) is 6.30. The third-order valence-corrected chi connectivity index (χ3v) is 3.14. The third kappa shape index (κ3) is 4.51. The first-order valence-corrected chi connectivity index (χ1v) is 6.30. The van der Waals surface area contributed by atoms with Crippen LogP contribution >= 0.6 is 0 Å². The third-order valence-electron chi connectivity index (χ3n) is 3.14. The Morgan fingerprint density at radius 3 is 2.27 bits per heavy atom. The van der Waals surface area contributed by atoms with Gasteiger partial charge < -0.3 is 0 Å². The Morgan fingerprint density at radius 1 is 1.00 bits per heavy atom. The fourth-order valence-corrected chi connectivity index (χ4v) is 1.94. The van der Waals surface area contributed by atoms with Gasteiger partial charge in [-0.05, 0) is 24.8 Å². The van der Waals surface area contributed by atoms with Crippen molar-refractivity contribution in [2.75, 3.05) is 0 Å². The molecule has 0 heteroatoms. The zero-order valence-electron chi connectivity index (χ0n) is 10.4. The van der Waals surface area contributed by atoms with Gasteiger partial charge in [0.2, 0.25) is 0 Å². The van der Waals surface area contributed by atoms with Crippen molar-refractivity contribution in [2.24, 2.45) is 0 Å². The van der Waals surface area contributed by atoms with Crippen molar-refractivity contribution in [3.63, 3.8) is 0 Å². The van der Waals surface area contributed by atoms with E-state index in [0.29, 0.717) is 0 Å². The number of rotatable bonds is 6. The van der Waals surface area contributed by atoms with E-state index in [1.807, 2.05) is 0 Å². The normalized spacial score (nSPS) is 12.7. The van der Waals surface area contributed by atoms with Gasteiger partial charge in [0.1, 0.15) is 0 Å². The van der Waals surface area contributed by atoms with Crippen LogP contribution in [-0.2, 0) is 0 Å². The molecule has 0 saturated heterocycles. The minimum atomic E-state index is 0.724. The Labute approximate surface area is 94.7 Å². The second kappa shape index (κ2) is 6.66. The maximum absolute atomic E-state index is 2.34. The van der Waals surface area contributed by atoms with Crippen LogP contribution in [0.1, 0.15) is 63.0 Å². The number of aryl methyl sites for hydroxylation is 1. The first-order chi connectivity index (χ1) is 7.24. The number of unbranched alkanes of at least 4 members (excludes halogenated alkanes) is 3. The van der Waals surface area contributed by atoms with Gasteiger partial charge in [0.25, 0.3) is 0 Å². The zero-order valence-corrected chi connectivity index (χ0v) is 10.4. The highest BCUT2D eigenvalue weighted by Gasteiger charge is 2.04. The zero-order chi connectivity index (χ0) is 11.1. The summed E-state index contributed by atoms with van der Waals surface area (Å²) < 4.78 is 0. The molecule has 0 aliphatic carbocycles. The van der Waals surface area contributed by atoms with Gasteiger partial charge in [0, 0.05) is 0 Å². The van der Waals surface area contributed by atoms with Gasteiger partial charge in [0.05, 0.1) is 0 Å². The minimum Gasteiger partial charge on any atom is -0.0654 e. The lowest BCUT2D eigenvalue weighted by molar-refractivity contribution is 0.580. The smallest absolute Gasteiger partial charge is 0.0190 e. The standard InChI is InChI=1S/C15H24/c1-4-5-6-7-8-14(3)15-11-9-13(2)10-12-15/h9-12,14H,4-8H2,1-3H3. The van der Waals surface area contributed by atoms with E-state index in [9.17, 15) is 0 Å². The minimum absolute atomic E-state index is 0.724. The summed E-state index contributed by atoms with van der Waals surface area (Å²) in [5, 5.41) is 0. The molecule has 1 aromatic carbocycles. The molecule has 84 valence electrons. The van der Waals surface area contributed by atoms with Crippen LogP contribution in [0.15, 0.2) is 24.3 Å². The second-order valence-corrected chi connectivity index (χ2v) is 4.66. The van der Waals surface area contributed by atoms with Gasteiger partial charge in [0.15, 0.2) is 0 Å². The second-order valence-electron chi connectivity index (χ2n) is 4.66. The highest BCUT2D eigenvalue weighted by molar-refractivity contribution is 5.23. The van der Waals surface area contributed by atoms with E-state index in [1.165, 1.54) is 43.2 Å². The van der Waals surface area contributed by atoms with Crippen LogP contribution in [-0.4, -0.2) is 0 Å². The Morgan fingerprint density at radius 2 is 1.67 bits per heavy atom. The fourth-order valence-electron chi connectivity index (χ4n) is 1.94. The van der Waals surface area contributed by atoms with E-state index in [1.54, 1.807) is 0 Å². The van der Waals surface area contributed by atoms with Crippen LogP contribution in [0.25, 0.3) is 0 Å². The largest absolute Gasteiger partial charge is 0.0654 e. The average molecular weight is 204 g/mol. The highest BCUT2D eigenvalue weighted by atomic mass is 14.1. The van der Waals surface area contributed by atoms with Crippen molar-refractivity contribution in [3.8, 4) is 0 Å². The number of benzene rings is 1. The molecule has 0 aliphatic rings. The lowest BCUT2D eigenvalue weighted by Gasteiger charge is -2.11. The molecule has 0 fully saturated rings. The van der Waals surface area contributed by atoms with E-state index in [-0.39, 0.29) is 0 Å². The SMILES string of the molecule is CCCCCCC(C)c1ccc(C)cc1. The van der Waals surface area contributed by atoms with Crippen LogP contribution < -0.4 is 0 Å². The Hall–Kier alpha value is -0.780. The predicted molar refractivity (Wildman–Crippen MR) is 68.4 cm³/mol. The highest BCUT2D eigenvalue weighted by Crippen LogP contribution is 2.22. The van der Waals surface area contributed by atoms with E-state index >= 15 is 0 Å². The van der Waals surface area contributed by atoms with Crippen molar-refractivity contribution in [1.82, 2.24) is 0 Å². The first kappa shape index (κ1) is 12.3. The van der Waals surface area contributed by atoms with Crippen molar-refractivity contribution in [1.29, 1.82) is 0 Å². The van der Waals surface area contributed by atoms with Gasteiger partial charge in [-0.1, -0.05) is 69.4 Å². The van der Waals surface area contributed by atoms with Crippen molar-refractivity contribution < 1.29 is 0 Å². The molecule has 0 spiro atoms. The van der Waals surface area contributed by atoms with Crippen molar-refractivity contribution in [2.45, 2.75) is 58.8 Å². The average Bonchev–Trinajstić information content (AvgIpc) is 2.25. The van der Waals surface area contributed by atoms with Gasteiger partial charge >= 0.3 is 0 Å². The molecule has 0 radical (unpaired) electrons. The van der Waals surface area contributed by atoms with Gasteiger partial charge in [-0.25, -0.2) is 0 Å². The number of hydrogen-bond donors (Lipinski definition) is 0. The Bertz CT molecular complexity index is 258. The van der Waals surface area contributed by atoms with E-state index in [4.69, 9.17) is 0 Å². The van der Waals surface area contributed by atoms with Crippen LogP contribution in [0.5, 0.6) is 0 Å². The Kier molecular flexibility index (Phi) is 5.45. The predicted octanol–water partition coefficient (Wildman–Crippen LogP) is 5.07. The van der Waals surface area contributed by atoms with Crippen molar-refractivity contribution in [3.05, 3.63) is 35.4 Å².